The van der Waals surface area contributed by atoms with Crippen molar-refractivity contribution in [2.24, 2.45) is 5.73 Å². The monoisotopic (exact) mass is 346 g/mol. The standard InChI is InChI=1S/C17H19BrN2O/c1-11-8-14(18)6-7-16(11)21-17-13(10-19)9-12-4-2-3-5-15(12)20-17/h6-9H,2-5,10,19H2,1H3. The van der Waals surface area contributed by atoms with Gasteiger partial charge in [0.05, 0.1) is 0 Å². The van der Waals surface area contributed by atoms with Crippen molar-refractivity contribution < 1.29 is 4.74 Å². The van der Waals surface area contributed by atoms with E-state index in [1.165, 1.54) is 24.1 Å². The Morgan fingerprint density at radius 3 is 2.81 bits per heavy atom. The molecule has 0 amide bonds. The van der Waals surface area contributed by atoms with E-state index in [4.69, 9.17) is 15.5 Å². The molecule has 0 fully saturated rings. The van der Waals surface area contributed by atoms with E-state index in [1.54, 1.807) is 0 Å². The molecule has 0 spiro atoms. The van der Waals surface area contributed by atoms with E-state index in [0.29, 0.717) is 12.4 Å². The maximum atomic E-state index is 6.04. The molecule has 0 aliphatic heterocycles. The third-order valence-electron chi connectivity index (χ3n) is 3.90. The van der Waals surface area contributed by atoms with Gasteiger partial charge in [-0.1, -0.05) is 15.9 Å². The van der Waals surface area contributed by atoms with Crippen LogP contribution in [0.15, 0.2) is 28.7 Å². The van der Waals surface area contributed by atoms with E-state index >= 15 is 0 Å². The van der Waals surface area contributed by atoms with Crippen molar-refractivity contribution in [3.05, 3.63) is 51.1 Å². The number of rotatable bonds is 3. The number of hydrogen-bond donors (Lipinski definition) is 1. The molecular weight excluding hydrogens is 328 g/mol. The summed E-state index contributed by atoms with van der Waals surface area (Å²) in [6, 6.07) is 8.14. The first kappa shape index (κ1) is 14.5. The fourth-order valence-corrected chi connectivity index (χ4v) is 3.20. The van der Waals surface area contributed by atoms with Crippen LogP contribution < -0.4 is 10.5 Å². The predicted octanol–water partition coefficient (Wildman–Crippen LogP) is 4.28. The van der Waals surface area contributed by atoms with Gasteiger partial charge >= 0.3 is 0 Å². The van der Waals surface area contributed by atoms with E-state index in [0.717, 1.165) is 34.2 Å². The molecule has 0 saturated carbocycles. The second-order valence-electron chi connectivity index (χ2n) is 5.48. The summed E-state index contributed by atoms with van der Waals surface area (Å²) in [7, 11) is 0. The molecule has 1 aliphatic carbocycles. The van der Waals surface area contributed by atoms with Gasteiger partial charge in [0.15, 0.2) is 0 Å². The molecule has 3 rings (SSSR count). The Balaban J connectivity index is 1.97. The number of ether oxygens (including phenoxy) is 1. The van der Waals surface area contributed by atoms with Crippen molar-refractivity contribution in [3.8, 4) is 11.6 Å². The third kappa shape index (κ3) is 3.11. The number of halogens is 1. The highest BCUT2D eigenvalue weighted by atomic mass is 79.9. The van der Waals surface area contributed by atoms with Crippen LogP contribution in [0.2, 0.25) is 0 Å². The SMILES string of the molecule is Cc1cc(Br)ccc1Oc1nc2c(cc1CN)CCCC2. The summed E-state index contributed by atoms with van der Waals surface area (Å²) in [5.41, 5.74) is 10.4. The number of hydrogen-bond acceptors (Lipinski definition) is 3. The van der Waals surface area contributed by atoms with Crippen LogP contribution >= 0.6 is 15.9 Å². The molecule has 0 bridgehead atoms. The van der Waals surface area contributed by atoms with Crippen molar-refractivity contribution in [2.75, 3.05) is 0 Å². The summed E-state index contributed by atoms with van der Waals surface area (Å²) in [6.07, 6.45) is 4.59. The number of pyridine rings is 1. The van der Waals surface area contributed by atoms with Gasteiger partial charge < -0.3 is 10.5 Å². The van der Waals surface area contributed by atoms with Crippen molar-refractivity contribution >= 4 is 15.9 Å². The number of aromatic nitrogens is 1. The molecule has 0 radical (unpaired) electrons. The van der Waals surface area contributed by atoms with Crippen LogP contribution in [0.1, 0.15) is 35.2 Å². The topological polar surface area (TPSA) is 48.1 Å². The maximum Gasteiger partial charge on any atom is 0.223 e. The van der Waals surface area contributed by atoms with Crippen LogP contribution in [-0.2, 0) is 19.4 Å². The van der Waals surface area contributed by atoms with Gasteiger partial charge in [-0.3, -0.25) is 0 Å². The number of nitrogens with two attached hydrogens (primary N) is 1. The lowest BCUT2D eigenvalue weighted by molar-refractivity contribution is 0.448. The van der Waals surface area contributed by atoms with Crippen molar-refractivity contribution in [1.29, 1.82) is 0 Å². The van der Waals surface area contributed by atoms with E-state index in [-0.39, 0.29) is 0 Å². The summed E-state index contributed by atoms with van der Waals surface area (Å²) in [6.45, 7) is 2.48. The third-order valence-corrected chi connectivity index (χ3v) is 4.40. The number of aryl methyl sites for hydroxylation is 3. The quantitative estimate of drug-likeness (QED) is 0.901. The van der Waals surface area contributed by atoms with Gasteiger partial charge in [0.1, 0.15) is 5.75 Å². The molecule has 110 valence electrons. The number of fused-ring (bicyclic) bond motifs is 1. The van der Waals surface area contributed by atoms with Crippen LogP contribution in [-0.4, -0.2) is 4.98 Å². The maximum absolute atomic E-state index is 6.04. The molecule has 1 aliphatic rings. The highest BCUT2D eigenvalue weighted by molar-refractivity contribution is 9.10. The normalized spacial score (nSPS) is 13.9. The van der Waals surface area contributed by atoms with E-state index in [2.05, 4.69) is 22.0 Å². The zero-order valence-corrected chi connectivity index (χ0v) is 13.7. The predicted molar refractivity (Wildman–Crippen MR) is 87.7 cm³/mol. The Hall–Kier alpha value is -1.39. The highest BCUT2D eigenvalue weighted by Gasteiger charge is 2.16. The van der Waals surface area contributed by atoms with Crippen LogP contribution in [0.4, 0.5) is 0 Å². The minimum Gasteiger partial charge on any atom is -0.438 e. The van der Waals surface area contributed by atoms with E-state index in [1.807, 2.05) is 25.1 Å². The molecule has 4 heteroatoms. The van der Waals surface area contributed by atoms with Crippen molar-refractivity contribution in [3.63, 3.8) is 0 Å². The molecule has 0 unspecified atom stereocenters. The zero-order valence-electron chi connectivity index (χ0n) is 12.2. The van der Waals surface area contributed by atoms with Crippen molar-refractivity contribution in [1.82, 2.24) is 4.98 Å². The van der Waals surface area contributed by atoms with Gasteiger partial charge in [0.25, 0.3) is 0 Å². The van der Waals surface area contributed by atoms with Gasteiger partial charge in [-0.05, 0) is 68.0 Å². The van der Waals surface area contributed by atoms with E-state index < -0.39 is 0 Å². The highest BCUT2D eigenvalue weighted by Crippen LogP contribution is 2.31. The van der Waals surface area contributed by atoms with Gasteiger partial charge in [0.2, 0.25) is 5.88 Å². The first-order chi connectivity index (χ1) is 10.2. The Kier molecular flexibility index (Phi) is 4.27. The molecule has 2 N–H and O–H groups in total. The Labute approximate surface area is 133 Å². The zero-order chi connectivity index (χ0) is 14.8. The second-order valence-corrected chi connectivity index (χ2v) is 6.40. The largest absolute Gasteiger partial charge is 0.438 e. The summed E-state index contributed by atoms with van der Waals surface area (Å²) in [4.78, 5) is 4.73. The van der Waals surface area contributed by atoms with Crippen LogP contribution in [0.25, 0.3) is 0 Å². The molecule has 1 heterocycles. The molecule has 2 aromatic rings. The summed E-state index contributed by atoms with van der Waals surface area (Å²) < 4.78 is 7.09. The number of benzene rings is 1. The lowest BCUT2D eigenvalue weighted by atomic mass is 9.95. The summed E-state index contributed by atoms with van der Waals surface area (Å²) in [5.74, 6) is 1.49. The summed E-state index contributed by atoms with van der Waals surface area (Å²) >= 11 is 3.47. The molecule has 3 nitrogen and oxygen atoms in total. The molecule has 1 aromatic heterocycles. The molecule has 0 atom stereocenters. The first-order valence-corrected chi connectivity index (χ1v) is 8.12. The van der Waals surface area contributed by atoms with Crippen LogP contribution in [0, 0.1) is 6.92 Å². The molecule has 0 saturated heterocycles. The summed E-state index contributed by atoms with van der Waals surface area (Å²) in [5, 5.41) is 0. The minimum absolute atomic E-state index is 0.450. The smallest absolute Gasteiger partial charge is 0.223 e. The molecule has 1 aromatic carbocycles. The Morgan fingerprint density at radius 1 is 1.24 bits per heavy atom. The lowest BCUT2D eigenvalue weighted by Crippen LogP contribution is -2.10. The Bertz CT molecular complexity index is 670. The van der Waals surface area contributed by atoms with Gasteiger partial charge in [0, 0.05) is 22.3 Å². The average molecular weight is 347 g/mol. The fraction of sp³-hybridized carbons (Fsp3) is 0.353. The lowest BCUT2D eigenvalue weighted by Gasteiger charge is -2.19. The first-order valence-electron chi connectivity index (χ1n) is 7.33. The van der Waals surface area contributed by atoms with E-state index in [9.17, 15) is 0 Å². The fourth-order valence-electron chi connectivity index (χ4n) is 2.73. The molecular formula is C17H19BrN2O. The minimum atomic E-state index is 0.450. The van der Waals surface area contributed by atoms with Crippen LogP contribution in [0.5, 0.6) is 11.6 Å². The second kappa shape index (κ2) is 6.16. The van der Waals surface area contributed by atoms with Crippen molar-refractivity contribution in [2.45, 2.75) is 39.2 Å². The number of nitrogens with zero attached hydrogens (tertiary/aromatic N) is 1. The van der Waals surface area contributed by atoms with Gasteiger partial charge in [-0.15, -0.1) is 0 Å². The Morgan fingerprint density at radius 2 is 2.05 bits per heavy atom. The molecule has 21 heavy (non-hydrogen) atoms. The average Bonchev–Trinajstić information content (AvgIpc) is 2.49. The van der Waals surface area contributed by atoms with Gasteiger partial charge in [-0.2, -0.15) is 0 Å². The van der Waals surface area contributed by atoms with Gasteiger partial charge in [-0.25, -0.2) is 4.98 Å². The van der Waals surface area contributed by atoms with Crippen LogP contribution in [0.3, 0.4) is 0 Å².